The number of halogens is 3. The highest BCUT2D eigenvalue weighted by Gasteiger charge is 2.31. The first kappa shape index (κ1) is 23.3. The smallest absolute Gasteiger partial charge is 0.347 e. The topological polar surface area (TPSA) is 67.2 Å². The molecule has 0 atom stereocenters. The predicted octanol–water partition coefficient (Wildman–Crippen LogP) is 5.04. The number of nitrogens with zero attached hydrogens (tertiary/aromatic N) is 3. The molecule has 0 radical (unpaired) electrons. The van der Waals surface area contributed by atoms with Crippen molar-refractivity contribution in [2.24, 2.45) is 0 Å². The molecular formula is C27H21F3N4O2. The van der Waals surface area contributed by atoms with Gasteiger partial charge in [0.15, 0.2) is 0 Å². The van der Waals surface area contributed by atoms with Gasteiger partial charge < -0.3 is 14.8 Å². The van der Waals surface area contributed by atoms with Gasteiger partial charge in [0.2, 0.25) is 0 Å². The number of carbonyl (C=O) groups is 2. The van der Waals surface area contributed by atoms with Crippen LogP contribution < -0.4 is 10.2 Å². The summed E-state index contributed by atoms with van der Waals surface area (Å²) in [5.41, 5.74) is 2.85. The summed E-state index contributed by atoms with van der Waals surface area (Å²) in [6, 6.07) is 18.7. The molecule has 0 spiro atoms. The summed E-state index contributed by atoms with van der Waals surface area (Å²) in [5.74, 6) is -0.682. The number of anilines is 1. The van der Waals surface area contributed by atoms with E-state index in [2.05, 4.69) is 10.3 Å². The van der Waals surface area contributed by atoms with E-state index in [-0.39, 0.29) is 18.0 Å². The van der Waals surface area contributed by atoms with Gasteiger partial charge in [0.05, 0.1) is 18.7 Å². The van der Waals surface area contributed by atoms with Crippen LogP contribution in [0.5, 0.6) is 0 Å². The number of aromatic nitrogens is 2. The largest absolute Gasteiger partial charge is 0.416 e. The summed E-state index contributed by atoms with van der Waals surface area (Å²) in [4.78, 5) is 32.0. The monoisotopic (exact) mass is 490 g/mol. The van der Waals surface area contributed by atoms with E-state index in [9.17, 15) is 22.8 Å². The van der Waals surface area contributed by atoms with Gasteiger partial charge in [0, 0.05) is 35.9 Å². The Morgan fingerprint density at radius 1 is 0.917 bits per heavy atom. The molecule has 4 aromatic rings. The fourth-order valence-corrected chi connectivity index (χ4v) is 4.27. The lowest BCUT2D eigenvalue weighted by Gasteiger charge is -2.23. The van der Waals surface area contributed by atoms with Crippen LogP contribution in [0.15, 0.2) is 85.2 Å². The minimum absolute atomic E-state index is 0.146. The number of alkyl halides is 3. The van der Waals surface area contributed by atoms with Crippen LogP contribution in [0.1, 0.15) is 43.2 Å². The van der Waals surface area contributed by atoms with Gasteiger partial charge in [-0.1, -0.05) is 24.3 Å². The van der Waals surface area contributed by atoms with Crippen LogP contribution in [0.25, 0.3) is 0 Å². The number of fused-ring (bicyclic) bond motifs is 2. The number of para-hydroxylation sites is 1. The van der Waals surface area contributed by atoms with Crippen molar-refractivity contribution in [3.63, 3.8) is 0 Å². The highest BCUT2D eigenvalue weighted by atomic mass is 19.4. The number of pyridine rings is 1. The zero-order chi connectivity index (χ0) is 25.3. The summed E-state index contributed by atoms with van der Waals surface area (Å²) >= 11 is 0. The van der Waals surface area contributed by atoms with Crippen LogP contribution in [0.3, 0.4) is 0 Å². The van der Waals surface area contributed by atoms with E-state index in [1.807, 2.05) is 22.8 Å². The maximum Gasteiger partial charge on any atom is 0.416 e. The Balaban J connectivity index is 1.44. The van der Waals surface area contributed by atoms with E-state index in [1.165, 1.54) is 17.0 Å². The lowest BCUT2D eigenvalue weighted by atomic mass is 10.1. The molecule has 36 heavy (non-hydrogen) atoms. The molecule has 2 aromatic carbocycles. The minimum atomic E-state index is -4.48. The Morgan fingerprint density at radius 2 is 1.69 bits per heavy atom. The lowest BCUT2D eigenvalue weighted by Crippen LogP contribution is -2.30. The number of carbonyl (C=O) groups excluding carboxylic acids is 2. The fraction of sp³-hybridized carbons (Fsp3) is 0.148. The molecule has 2 aromatic heterocycles. The van der Waals surface area contributed by atoms with Crippen molar-refractivity contribution < 1.29 is 22.8 Å². The normalized spacial score (nSPS) is 12.9. The van der Waals surface area contributed by atoms with E-state index in [0.717, 1.165) is 29.0 Å². The summed E-state index contributed by atoms with van der Waals surface area (Å²) in [6.07, 6.45) is -1.14. The summed E-state index contributed by atoms with van der Waals surface area (Å²) in [5, 5.41) is 2.90. The Bertz CT molecular complexity index is 1410. The summed E-state index contributed by atoms with van der Waals surface area (Å²) in [7, 11) is 0. The van der Waals surface area contributed by atoms with Crippen molar-refractivity contribution >= 4 is 17.5 Å². The molecule has 0 saturated heterocycles. The molecule has 0 bridgehead atoms. The molecule has 1 aliphatic heterocycles. The van der Waals surface area contributed by atoms with Crippen LogP contribution in [-0.4, -0.2) is 21.4 Å². The van der Waals surface area contributed by atoms with E-state index in [4.69, 9.17) is 0 Å². The van der Waals surface area contributed by atoms with Crippen LogP contribution in [0.4, 0.5) is 18.9 Å². The Labute approximate surface area is 205 Å². The van der Waals surface area contributed by atoms with Crippen molar-refractivity contribution in [2.45, 2.75) is 25.8 Å². The molecule has 0 unspecified atom stereocenters. The zero-order valence-corrected chi connectivity index (χ0v) is 19.0. The van der Waals surface area contributed by atoms with Gasteiger partial charge in [-0.25, -0.2) is 0 Å². The molecule has 9 heteroatoms. The molecule has 0 aliphatic carbocycles. The molecule has 5 rings (SSSR count). The number of hydrogen-bond donors (Lipinski definition) is 1. The minimum Gasteiger partial charge on any atom is -0.347 e. The average Bonchev–Trinajstić information content (AvgIpc) is 3.20. The molecule has 0 fully saturated rings. The Kier molecular flexibility index (Phi) is 6.05. The second-order valence-corrected chi connectivity index (χ2v) is 8.44. The van der Waals surface area contributed by atoms with E-state index < -0.39 is 17.6 Å². The van der Waals surface area contributed by atoms with Crippen LogP contribution in [-0.2, 0) is 25.8 Å². The van der Waals surface area contributed by atoms with E-state index in [0.29, 0.717) is 24.5 Å². The quantitative estimate of drug-likeness (QED) is 0.436. The van der Waals surface area contributed by atoms with Gasteiger partial charge >= 0.3 is 6.18 Å². The maximum absolute atomic E-state index is 13.4. The fourth-order valence-electron chi connectivity index (χ4n) is 4.27. The Morgan fingerprint density at radius 3 is 2.42 bits per heavy atom. The van der Waals surface area contributed by atoms with Gasteiger partial charge in [-0.15, -0.1) is 0 Å². The number of benzene rings is 2. The molecule has 0 saturated carbocycles. The highest BCUT2D eigenvalue weighted by molar-refractivity contribution is 6.06. The van der Waals surface area contributed by atoms with Crippen molar-refractivity contribution in [2.75, 3.05) is 4.90 Å². The average molecular weight is 490 g/mol. The van der Waals surface area contributed by atoms with Crippen LogP contribution >= 0.6 is 0 Å². The highest BCUT2D eigenvalue weighted by Crippen LogP contribution is 2.32. The Hall–Kier alpha value is -4.40. The van der Waals surface area contributed by atoms with Crippen molar-refractivity contribution in [1.82, 2.24) is 14.9 Å². The first-order valence-corrected chi connectivity index (χ1v) is 11.2. The SMILES string of the molecule is O=C(NCc1cccnc1)c1ccc2n1Cc1ccccc1N(C(=O)c1ccc(C(F)(F)F)cc1)C2. The molecule has 182 valence electrons. The first-order valence-electron chi connectivity index (χ1n) is 11.2. The second-order valence-electron chi connectivity index (χ2n) is 8.44. The first-order chi connectivity index (χ1) is 17.3. The molecular weight excluding hydrogens is 469 g/mol. The summed E-state index contributed by atoms with van der Waals surface area (Å²) in [6.45, 7) is 0.847. The van der Waals surface area contributed by atoms with E-state index >= 15 is 0 Å². The zero-order valence-electron chi connectivity index (χ0n) is 19.0. The number of nitrogens with one attached hydrogen (secondary N) is 1. The van der Waals surface area contributed by atoms with Crippen molar-refractivity contribution in [3.8, 4) is 0 Å². The van der Waals surface area contributed by atoms with Crippen molar-refractivity contribution in [1.29, 1.82) is 0 Å². The number of amides is 2. The molecule has 6 nitrogen and oxygen atoms in total. The summed E-state index contributed by atoms with van der Waals surface area (Å²) < 4.78 is 40.8. The van der Waals surface area contributed by atoms with Gasteiger partial charge in [0.25, 0.3) is 11.8 Å². The third kappa shape index (κ3) is 4.59. The van der Waals surface area contributed by atoms with E-state index in [1.54, 1.807) is 42.7 Å². The molecule has 1 N–H and O–H groups in total. The maximum atomic E-state index is 13.4. The predicted molar refractivity (Wildman–Crippen MR) is 127 cm³/mol. The van der Waals surface area contributed by atoms with Gasteiger partial charge in [-0.05, 0) is 59.7 Å². The molecule has 3 heterocycles. The standard InChI is InChI=1S/C27H21F3N4O2/c28-27(29,30)21-9-7-19(8-10-21)26(36)34-17-22-11-12-24(25(35)32-15-18-4-3-13-31-14-18)33(22)16-20-5-1-2-6-23(20)34/h1-14H,15-17H2,(H,32,35). The number of rotatable bonds is 4. The van der Waals surface area contributed by atoms with Crippen LogP contribution in [0, 0.1) is 0 Å². The third-order valence-corrected chi connectivity index (χ3v) is 6.11. The van der Waals surface area contributed by atoms with Gasteiger partial charge in [0.1, 0.15) is 5.69 Å². The lowest BCUT2D eigenvalue weighted by molar-refractivity contribution is -0.137. The van der Waals surface area contributed by atoms with Crippen molar-refractivity contribution in [3.05, 3.63) is 119 Å². The van der Waals surface area contributed by atoms with Gasteiger partial charge in [-0.3, -0.25) is 14.6 Å². The molecule has 2 amide bonds. The van der Waals surface area contributed by atoms with Crippen LogP contribution in [0.2, 0.25) is 0 Å². The third-order valence-electron chi connectivity index (χ3n) is 6.11. The van der Waals surface area contributed by atoms with Gasteiger partial charge in [-0.2, -0.15) is 13.2 Å². The molecule has 1 aliphatic rings. The number of hydrogen-bond acceptors (Lipinski definition) is 3. The second kappa shape index (κ2) is 9.33.